The molecular formula is C29H29N5O3S2. The Kier molecular flexibility index (Phi) is 6.83. The first-order valence-electron chi connectivity index (χ1n) is 12.6. The highest BCUT2D eigenvalue weighted by atomic mass is 32.1. The highest BCUT2D eigenvalue weighted by Crippen LogP contribution is 2.46. The summed E-state index contributed by atoms with van der Waals surface area (Å²) < 4.78 is 5.10. The molecule has 5 N–H and O–H groups in total. The van der Waals surface area contributed by atoms with Gasteiger partial charge in [-0.2, -0.15) is 5.26 Å². The summed E-state index contributed by atoms with van der Waals surface area (Å²) in [5.41, 5.74) is 15.9. The molecular weight excluding hydrogens is 530 g/mol. The summed E-state index contributed by atoms with van der Waals surface area (Å²) in [7, 11) is 1.34. The zero-order valence-corrected chi connectivity index (χ0v) is 23.8. The minimum absolute atomic E-state index is 0.0735. The number of nitrogen functional groups attached to an aromatic ring is 2. The topological polar surface area (TPSA) is 144 Å². The molecule has 0 radical (unpaired) electrons. The Hall–Kier alpha value is -3.94. The molecule has 0 bridgehead atoms. The molecule has 200 valence electrons. The summed E-state index contributed by atoms with van der Waals surface area (Å²) in [4.78, 5) is 32.7. The number of aromatic nitrogens is 1. The van der Waals surface area contributed by atoms with Gasteiger partial charge in [-0.25, -0.2) is 9.78 Å². The number of carbonyl (C=O) groups is 2. The van der Waals surface area contributed by atoms with Gasteiger partial charge in [0.15, 0.2) is 0 Å². The number of benzene rings is 1. The number of nitrogens with one attached hydrogen (secondary N) is 1. The molecule has 1 aliphatic rings. The van der Waals surface area contributed by atoms with Crippen molar-refractivity contribution in [1.82, 2.24) is 4.98 Å². The van der Waals surface area contributed by atoms with Crippen molar-refractivity contribution in [1.29, 1.82) is 5.26 Å². The normalized spacial score (nSPS) is 15.0. The first kappa shape index (κ1) is 26.7. The van der Waals surface area contributed by atoms with E-state index >= 15 is 0 Å². The van der Waals surface area contributed by atoms with Gasteiger partial charge in [-0.05, 0) is 41.7 Å². The Morgan fingerprint density at radius 3 is 2.54 bits per heavy atom. The first-order valence-corrected chi connectivity index (χ1v) is 14.2. The Morgan fingerprint density at radius 1 is 1.18 bits per heavy atom. The monoisotopic (exact) mass is 559 g/mol. The number of amides is 1. The fourth-order valence-electron chi connectivity index (χ4n) is 5.24. The third-order valence-electron chi connectivity index (χ3n) is 7.39. The number of carbonyl (C=O) groups excluding carboxylic acids is 2. The van der Waals surface area contributed by atoms with Crippen molar-refractivity contribution in [2.45, 2.75) is 40.0 Å². The van der Waals surface area contributed by atoms with Gasteiger partial charge in [0.25, 0.3) is 5.91 Å². The van der Waals surface area contributed by atoms with Gasteiger partial charge in [0.2, 0.25) is 0 Å². The molecule has 1 amide bonds. The van der Waals surface area contributed by atoms with Crippen LogP contribution in [0.4, 0.5) is 16.5 Å². The van der Waals surface area contributed by atoms with Crippen LogP contribution in [0, 0.1) is 22.7 Å². The standard InChI is InChI=1S/C29H29N5O3S2/c1-29(2,3)15-10-11-16-18(12-15)38-26(20(16)28(36)37-4)34-25(35)23-22(31)21-19(14-8-6-5-7-9-14)17(13-30)24(32)33-27(21)39-23/h5-9,15H,10-12,31H2,1-4H3,(H2,32,33)(H,34,35). The number of esters is 1. The Balaban J connectivity index is 1.59. The van der Waals surface area contributed by atoms with Crippen LogP contribution in [0.3, 0.4) is 0 Å². The minimum atomic E-state index is -0.471. The van der Waals surface area contributed by atoms with E-state index in [1.807, 2.05) is 30.3 Å². The fraction of sp³-hybridized carbons (Fsp3) is 0.310. The molecule has 1 unspecified atom stereocenters. The maximum absolute atomic E-state index is 13.6. The summed E-state index contributed by atoms with van der Waals surface area (Å²) >= 11 is 2.53. The van der Waals surface area contributed by atoms with E-state index in [-0.39, 0.29) is 27.4 Å². The van der Waals surface area contributed by atoms with Crippen molar-refractivity contribution in [2.75, 3.05) is 23.9 Å². The quantitative estimate of drug-likeness (QED) is 0.251. The van der Waals surface area contributed by atoms with E-state index in [9.17, 15) is 14.9 Å². The predicted molar refractivity (Wildman–Crippen MR) is 157 cm³/mol. The molecule has 0 saturated carbocycles. The predicted octanol–water partition coefficient (Wildman–Crippen LogP) is 6.25. The van der Waals surface area contributed by atoms with E-state index in [4.69, 9.17) is 16.2 Å². The maximum atomic E-state index is 13.6. The number of anilines is 3. The van der Waals surface area contributed by atoms with E-state index in [0.29, 0.717) is 32.3 Å². The third kappa shape index (κ3) is 4.62. The summed E-state index contributed by atoms with van der Waals surface area (Å²) in [5, 5.41) is 13.8. The van der Waals surface area contributed by atoms with Gasteiger partial charge in [-0.15, -0.1) is 22.7 Å². The molecule has 1 atom stereocenters. The van der Waals surface area contributed by atoms with Crippen molar-refractivity contribution in [3.8, 4) is 17.2 Å². The van der Waals surface area contributed by atoms with E-state index < -0.39 is 11.9 Å². The van der Waals surface area contributed by atoms with Crippen LogP contribution < -0.4 is 16.8 Å². The second kappa shape index (κ2) is 9.98. The van der Waals surface area contributed by atoms with Crippen LogP contribution >= 0.6 is 22.7 Å². The molecule has 0 spiro atoms. The van der Waals surface area contributed by atoms with Gasteiger partial charge in [0.1, 0.15) is 32.2 Å². The van der Waals surface area contributed by atoms with Gasteiger partial charge >= 0.3 is 5.97 Å². The Labute approximate surface area is 234 Å². The lowest BCUT2D eigenvalue weighted by Gasteiger charge is -2.33. The minimum Gasteiger partial charge on any atom is -0.465 e. The zero-order chi connectivity index (χ0) is 28.1. The maximum Gasteiger partial charge on any atom is 0.341 e. The van der Waals surface area contributed by atoms with Crippen LogP contribution in [-0.2, 0) is 17.6 Å². The van der Waals surface area contributed by atoms with Gasteiger partial charge in [-0.3, -0.25) is 4.79 Å². The second-order valence-corrected chi connectivity index (χ2v) is 12.8. The molecule has 0 aliphatic heterocycles. The van der Waals surface area contributed by atoms with Gasteiger partial charge in [0, 0.05) is 15.8 Å². The number of hydrogen-bond acceptors (Lipinski definition) is 9. The number of rotatable bonds is 4. The SMILES string of the molecule is COC(=O)c1c(NC(=O)c2sc3nc(N)c(C#N)c(-c4ccccc4)c3c2N)sc2c1CCC(C(C)(C)C)C2. The molecule has 0 saturated heterocycles. The smallest absolute Gasteiger partial charge is 0.341 e. The van der Waals surface area contributed by atoms with Crippen LogP contribution in [0.25, 0.3) is 21.3 Å². The summed E-state index contributed by atoms with van der Waals surface area (Å²) in [6, 6.07) is 11.4. The third-order valence-corrected chi connectivity index (χ3v) is 9.66. The molecule has 4 aromatic rings. The van der Waals surface area contributed by atoms with Crippen molar-refractivity contribution in [3.05, 3.63) is 56.8 Å². The van der Waals surface area contributed by atoms with E-state index in [1.165, 1.54) is 18.4 Å². The van der Waals surface area contributed by atoms with Crippen LogP contribution in [-0.4, -0.2) is 24.0 Å². The largest absolute Gasteiger partial charge is 0.465 e. The lowest BCUT2D eigenvalue weighted by Crippen LogP contribution is -2.26. The number of ether oxygens (including phenoxy) is 1. The number of nitriles is 1. The van der Waals surface area contributed by atoms with Gasteiger partial charge < -0.3 is 21.5 Å². The average Bonchev–Trinajstić information content (AvgIpc) is 3.43. The average molecular weight is 560 g/mol. The molecule has 3 heterocycles. The number of nitrogens with two attached hydrogens (primary N) is 2. The van der Waals surface area contributed by atoms with E-state index in [0.717, 1.165) is 46.6 Å². The number of nitrogens with zero attached hydrogens (tertiary/aromatic N) is 2. The molecule has 10 heteroatoms. The fourth-order valence-corrected chi connectivity index (χ4v) is 7.55. The number of methoxy groups -OCH3 is 1. The molecule has 1 aliphatic carbocycles. The molecule has 8 nitrogen and oxygen atoms in total. The number of thiophene rings is 2. The lowest BCUT2D eigenvalue weighted by atomic mass is 9.72. The van der Waals surface area contributed by atoms with Crippen LogP contribution in [0.1, 0.15) is 63.2 Å². The van der Waals surface area contributed by atoms with Crippen molar-refractivity contribution in [3.63, 3.8) is 0 Å². The lowest BCUT2D eigenvalue weighted by molar-refractivity contribution is 0.0600. The zero-order valence-electron chi connectivity index (χ0n) is 22.2. The molecule has 5 rings (SSSR count). The molecule has 3 aromatic heterocycles. The van der Waals surface area contributed by atoms with Crippen molar-refractivity contribution < 1.29 is 14.3 Å². The van der Waals surface area contributed by atoms with Crippen LogP contribution in [0.15, 0.2) is 30.3 Å². The molecule has 1 aromatic carbocycles. The van der Waals surface area contributed by atoms with E-state index in [1.54, 1.807) is 0 Å². The molecule has 39 heavy (non-hydrogen) atoms. The number of fused-ring (bicyclic) bond motifs is 2. The van der Waals surface area contributed by atoms with Crippen LogP contribution in [0.5, 0.6) is 0 Å². The summed E-state index contributed by atoms with van der Waals surface area (Å²) in [6.07, 6.45) is 2.55. The van der Waals surface area contributed by atoms with Crippen molar-refractivity contribution >= 4 is 61.3 Å². The van der Waals surface area contributed by atoms with Crippen LogP contribution in [0.2, 0.25) is 0 Å². The van der Waals surface area contributed by atoms with Gasteiger partial charge in [-0.1, -0.05) is 51.1 Å². The Morgan fingerprint density at radius 2 is 1.90 bits per heavy atom. The highest BCUT2D eigenvalue weighted by Gasteiger charge is 2.35. The summed E-state index contributed by atoms with van der Waals surface area (Å²) in [6.45, 7) is 6.69. The van der Waals surface area contributed by atoms with E-state index in [2.05, 4.69) is 37.1 Å². The van der Waals surface area contributed by atoms with Crippen molar-refractivity contribution in [2.24, 2.45) is 11.3 Å². The Bertz CT molecular complexity index is 1660. The summed E-state index contributed by atoms with van der Waals surface area (Å²) in [5.74, 6) is -0.383. The number of hydrogen-bond donors (Lipinski definition) is 3. The number of pyridine rings is 1. The van der Waals surface area contributed by atoms with Gasteiger partial charge in [0.05, 0.1) is 18.4 Å². The molecule has 0 fully saturated rings. The second-order valence-electron chi connectivity index (χ2n) is 10.7. The first-order chi connectivity index (χ1) is 18.5. The highest BCUT2D eigenvalue weighted by molar-refractivity contribution is 7.21.